The van der Waals surface area contributed by atoms with Crippen molar-refractivity contribution in [1.82, 2.24) is 9.97 Å². The van der Waals surface area contributed by atoms with Crippen LogP contribution in [0.5, 0.6) is 11.6 Å². The smallest absolute Gasteiger partial charge is 0.314 e. The fraction of sp³-hybridized carbons (Fsp3) is 0.231. The fourth-order valence-electron chi connectivity index (χ4n) is 1.73. The fourth-order valence-corrected chi connectivity index (χ4v) is 1.73. The summed E-state index contributed by atoms with van der Waals surface area (Å²) in [6, 6.07) is 6.49. The molecule has 0 saturated heterocycles. The van der Waals surface area contributed by atoms with E-state index in [1.54, 1.807) is 31.2 Å². The van der Waals surface area contributed by atoms with E-state index in [0.29, 0.717) is 17.9 Å². The Kier molecular flexibility index (Phi) is 4.09. The van der Waals surface area contributed by atoms with Gasteiger partial charge in [-0.2, -0.15) is 0 Å². The van der Waals surface area contributed by atoms with E-state index in [1.165, 1.54) is 6.33 Å². The maximum absolute atomic E-state index is 11.1. The summed E-state index contributed by atoms with van der Waals surface area (Å²) in [5.41, 5.74) is 0.476. The number of aromatic nitrogens is 2. The van der Waals surface area contributed by atoms with Crippen molar-refractivity contribution in [3.05, 3.63) is 46.3 Å². The van der Waals surface area contributed by atoms with Crippen molar-refractivity contribution in [2.75, 3.05) is 11.9 Å². The van der Waals surface area contributed by atoms with Crippen LogP contribution in [0.15, 0.2) is 30.6 Å². The molecule has 0 bridgehead atoms. The Balaban J connectivity index is 2.32. The van der Waals surface area contributed by atoms with Crippen LogP contribution in [0.4, 0.5) is 11.5 Å². The third-order valence-electron chi connectivity index (χ3n) is 2.60. The van der Waals surface area contributed by atoms with E-state index in [0.717, 1.165) is 0 Å². The zero-order valence-electron chi connectivity index (χ0n) is 11.2. The van der Waals surface area contributed by atoms with E-state index in [1.807, 2.05) is 6.92 Å². The molecule has 2 rings (SSSR count). The van der Waals surface area contributed by atoms with Crippen LogP contribution in [0.3, 0.4) is 0 Å². The van der Waals surface area contributed by atoms with Crippen LogP contribution in [0.25, 0.3) is 0 Å². The van der Waals surface area contributed by atoms with Crippen LogP contribution < -0.4 is 10.1 Å². The lowest BCUT2D eigenvalue weighted by Crippen LogP contribution is -2.01. The van der Waals surface area contributed by atoms with Crippen molar-refractivity contribution in [3.8, 4) is 11.6 Å². The van der Waals surface area contributed by atoms with E-state index in [2.05, 4.69) is 15.3 Å². The third kappa shape index (κ3) is 3.00. The minimum atomic E-state index is -0.461. The summed E-state index contributed by atoms with van der Waals surface area (Å²) in [7, 11) is 0. The number of nitrogens with zero attached hydrogens (tertiary/aromatic N) is 3. The summed E-state index contributed by atoms with van der Waals surface area (Å²) in [4.78, 5) is 18.6. The number of nitrogens with one attached hydrogen (secondary N) is 1. The molecule has 0 spiro atoms. The van der Waals surface area contributed by atoms with Crippen molar-refractivity contribution in [1.29, 1.82) is 0 Å². The van der Waals surface area contributed by atoms with E-state index < -0.39 is 4.92 Å². The second kappa shape index (κ2) is 5.96. The van der Waals surface area contributed by atoms with Crippen LogP contribution in [0.1, 0.15) is 12.5 Å². The van der Waals surface area contributed by atoms with Gasteiger partial charge in [0.2, 0.25) is 11.6 Å². The van der Waals surface area contributed by atoms with E-state index in [-0.39, 0.29) is 17.3 Å². The van der Waals surface area contributed by atoms with Crippen LogP contribution in [-0.4, -0.2) is 21.4 Å². The molecule has 7 nitrogen and oxygen atoms in total. The number of nitro benzene ring substituents is 1. The number of para-hydroxylation sites is 1. The van der Waals surface area contributed by atoms with Gasteiger partial charge < -0.3 is 10.1 Å². The van der Waals surface area contributed by atoms with Gasteiger partial charge >= 0.3 is 5.69 Å². The summed E-state index contributed by atoms with van der Waals surface area (Å²) >= 11 is 0. The Bertz CT molecular complexity index is 631. The highest BCUT2D eigenvalue weighted by molar-refractivity contribution is 5.53. The number of rotatable bonds is 5. The first-order valence-electron chi connectivity index (χ1n) is 6.09. The van der Waals surface area contributed by atoms with Crippen LogP contribution >= 0.6 is 0 Å². The number of hydrogen-bond acceptors (Lipinski definition) is 6. The first-order chi connectivity index (χ1) is 9.61. The Morgan fingerprint density at radius 2 is 2.20 bits per heavy atom. The standard InChI is InChI=1S/C13H14N4O3/c1-3-14-11-7-12(16-8-15-11)20-10-6-4-5-9(2)13(10)17(18)19/h4-8H,3H2,1-2H3,(H,14,15,16). The second-order valence-electron chi connectivity index (χ2n) is 4.05. The number of nitro groups is 1. The topological polar surface area (TPSA) is 90.2 Å². The molecular formula is C13H14N4O3. The molecule has 0 atom stereocenters. The van der Waals surface area contributed by atoms with Gasteiger partial charge in [-0.1, -0.05) is 12.1 Å². The quantitative estimate of drug-likeness (QED) is 0.666. The van der Waals surface area contributed by atoms with Crippen LogP contribution in [0, 0.1) is 17.0 Å². The largest absolute Gasteiger partial charge is 0.432 e. The summed E-state index contributed by atoms with van der Waals surface area (Å²) in [6.45, 7) is 4.31. The van der Waals surface area contributed by atoms with Crippen molar-refractivity contribution in [3.63, 3.8) is 0 Å². The highest BCUT2D eigenvalue weighted by atomic mass is 16.6. The highest BCUT2D eigenvalue weighted by Crippen LogP contribution is 2.33. The van der Waals surface area contributed by atoms with Crippen LogP contribution in [-0.2, 0) is 0 Å². The van der Waals surface area contributed by atoms with Crippen molar-refractivity contribution in [2.45, 2.75) is 13.8 Å². The van der Waals surface area contributed by atoms with Gasteiger partial charge in [0.1, 0.15) is 12.1 Å². The number of aryl methyl sites for hydroxylation is 1. The van der Waals surface area contributed by atoms with Gasteiger partial charge in [-0.25, -0.2) is 9.97 Å². The number of hydrogen-bond donors (Lipinski definition) is 1. The molecule has 1 heterocycles. The monoisotopic (exact) mass is 274 g/mol. The maximum Gasteiger partial charge on any atom is 0.314 e. The van der Waals surface area contributed by atoms with Crippen LogP contribution in [0.2, 0.25) is 0 Å². The first kappa shape index (κ1) is 13.7. The Hall–Kier alpha value is -2.70. The molecule has 1 aromatic heterocycles. The molecule has 104 valence electrons. The van der Waals surface area contributed by atoms with Gasteiger partial charge in [0.15, 0.2) is 0 Å². The number of ether oxygens (including phenoxy) is 1. The molecule has 20 heavy (non-hydrogen) atoms. The lowest BCUT2D eigenvalue weighted by Gasteiger charge is -2.08. The third-order valence-corrected chi connectivity index (χ3v) is 2.60. The average molecular weight is 274 g/mol. The van der Waals surface area contributed by atoms with Gasteiger partial charge in [0.25, 0.3) is 0 Å². The molecule has 7 heteroatoms. The van der Waals surface area contributed by atoms with E-state index in [9.17, 15) is 10.1 Å². The van der Waals surface area contributed by atoms with Gasteiger partial charge in [-0.3, -0.25) is 10.1 Å². The van der Waals surface area contributed by atoms with E-state index >= 15 is 0 Å². The molecule has 0 aliphatic rings. The van der Waals surface area contributed by atoms with Gasteiger partial charge in [0, 0.05) is 18.2 Å². The molecule has 0 aliphatic heterocycles. The summed E-state index contributed by atoms with van der Waals surface area (Å²) in [6.07, 6.45) is 1.34. The lowest BCUT2D eigenvalue weighted by atomic mass is 10.2. The van der Waals surface area contributed by atoms with Crippen molar-refractivity contribution in [2.24, 2.45) is 0 Å². The van der Waals surface area contributed by atoms with Gasteiger partial charge in [0.05, 0.1) is 4.92 Å². The minimum absolute atomic E-state index is 0.0592. The van der Waals surface area contributed by atoms with Gasteiger partial charge in [-0.15, -0.1) is 0 Å². The normalized spacial score (nSPS) is 10.1. The molecular weight excluding hydrogens is 260 g/mol. The van der Waals surface area contributed by atoms with Crippen molar-refractivity contribution < 1.29 is 9.66 Å². The molecule has 0 unspecified atom stereocenters. The summed E-state index contributed by atoms with van der Waals surface area (Å²) in [5.74, 6) is 1.02. The molecule has 1 aromatic carbocycles. The van der Waals surface area contributed by atoms with Crippen molar-refractivity contribution >= 4 is 11.5 Å². The molecule has 0 aliphatic carbocycles. The summed E-state index contributed by atoms with van der Waals surface area (Å²) in [5, 5.41) is 14.1. The highest BCUT2D eigenvalue weighted by Gasteiger charge is 2.19. The lowest BCUT2D eigenvalue weighted by molar-refractivity contribution is -0.386. The first-order valence-corrected chi connectivity index (χ1v) is 6.09. The molecule has 2 aromatic rings. The van der Waals surface area contributed by atoms with Gasteiger partial charge in [-0.05, 0) is 19.9 Å². The zero-order valence-corrected chi connectivity index (χ0v) is 11.2. The molecule has 0 fully saturated rings. The molecule has 0 radical (unpaired) electrons. The average Bonchev–Trinajstić information content (AvgIpc) is 2.39. The minimum Gasteiger partial charge on any atom is -0.432 e. The maximum atomic E-state index is 11.1. The van der Waals surface area contributed by atoms with E-state index in [4.69, 9.17) is 4.74 Å². The Labute approximate surface area is 115 Å². The molecule has 0 amide bonds. The molecule has 1 N–H and O–H groups in total. The molecule has 0 saturated carbocycles. The SMILES string of the molecule is CCNc1cc(Oc2cccc(C)c2[N+](=O)[O-])ncn1. The Morgan fingerprint density at radius 1 is 1.40 bits per heavy atom. The summed E-state index contributed by atoms with van der Waals surface area (Å²) < 4.78 is 5.51. The zero-order chi connectivity index (χ0) is 14.5. The predicted molar refractivity (Wildman–Crippen MR) is 74.1 cm³/mol. The number of anilines is 1. The predicted octanol–water partition coefficient (Wildman–Crippen LogP) is 2.92. The number of benzene rings is 1. The Morgan fingerprint density at radius 3 is 2.90 bits per heavy atom. The second-order valence-corrected chi connectivity index (χ2v) is 4.05.